The number of esters is 1. The van der Waals surface area contributed by atoms with Crippen molar-refractivity contribution in [3.8, 4) is 0 Å². The van der Waals surface area contributed by atoms with E-state index in [-0.39, 0.29) is 0 Å². The highest BCUT2D eigenvalue weighted by molar-refractivity contribution is 7.36. The number of aliphatic hydroxyl groups is 2. The highest BCUT2D eigenvalue weighted by Crippen LogP contribution is 2.12. The Morgan fingerprint density at radius 1 is 1.29 bits per heavy atom. The van der Waals surface area contributed by atoms with Crippen molar-refractivity contribution in [2.24, 2.45) is 0 Å². The molecule has 0 bridgehead atoms. The molecule has 0 aliphatic heterocycles. The molecule has 0 radical (unpaired) electrons. The molecule has 0 saturated carbocycles. The molecule has 0 aromatic carbocycles. The number of aliphatic hydroxyl groups excluding tert-OH is 1. The van der Waals surface area contributed by atoms with Crippen LogP contribution in [0.1, 0.15) is 20.8 Å². The summed E-state index contributed by atoms with van der Waals surface area (Å²) in [6, 6.07) is 0. The molecular formula is C11H14O4S2. The molecule has 94 valence electrons. The van der Waals surface area contributed by atoms with Crippen molar-refractivity contribution < 1.29 is 19.7 Å². The maximum atomic E-state index is 11.8. The topological polar surface area (TPSA) is 66.8 Å². The van der Waals surface area contributed by atoms with Crippen LogP contribution in [0, 0.1) is 0 Å². The molecule has 1 aromatic rings. The normalized spacial score (nSPS) is 11.0. The third kappa shape index (κ3) is 3.61. The molecule has 0 fully saturated rings. The molecule has 4 nitrogen and oxygen atoms in total. The van der Waals surface area contributed by atoms with E-state index in [9.17, 15) is 4.79 Å². The summed E-state index contributed by atoms with van der Waals surface area (Å²) in [5, 5.41) is 17.6. The van der Waals surface area contributed by atoms with Crippen molar-refractivity contribution >= 4 is 40.2 Å². The fraction of sp³-hybridized carbons (Fsp3) is 0.364. The fourth-order valence-corrected chi connectivity index (χ4v) is 2.80. The molecule has 0 amide bonds. The first kappa shape index (κ1) is 13.8. The van der Waals surface area contributed by atoms with Crippen LogP contribution in [0.4, 0.5) is 0 Å². The summed E-state index contributed by atoms with van der Waals surface area (Å²) in [4.78, 5) is 11.8. The van der Waals surface area contributed by atoms with Crippen molar-refractivity contribution in [3.05, 3.63) is 20.3 Å². The van der Waals surface area contributed by atoms with Gasteiger partial charge in [0.25, 0.3) is 0 Å². The average Bonchev–Trinajstić information content (AvgIpc) is 2.05. The zero-order valence-corrected chi connectivity index (χ0v) is 11.4. The second-order valence-corrected chi connectivity index (χ2v) is 6.78. The minimum Gasteiger partial charge on any atom is -0.479 e. The monoisotopic (exact) mass is 274 g/mol. The number of hydrogen-bond donors (Lipinski definition) is 2. The number of carbonyl (C=O) groups is 1. The second-order valence-electron chi connectivity index (χ2n) is 4.22. The van der Waals surface area contributed by atoms with E-state index in [0.29, 0.717) is 13.3 Å². The zero-order valence-electron chi connectivity index (χ0n) is 9.81. The van der Waals surface area contributed by atoms with Gasteiger partial charge >= 0.3 is 11.9 Å². The molecular weight excluding hydrogens is 260 g/mol. The predicted molar refractivity (Wildman–Crippen MR) is 69.6 cm³/mol. The van der Waals surface area contributed by atoms with Crippen LogP contribution >= 0.6 is 22.7 Å². The van der Waals surface area contributed by atoms with Crippen molar-refractivity contribution in [3.63, 3.8) is 0 Å². The Balaban J connectivity index is 3.09. The second kappa shape index (κ2) is 4.93. The molecule has 1 heterocycles. The van der Waals surface area contributed by atoms with Crippen molar-refractivity contribution in [2.45, 2.75) is 26.4 Å². The first-order valence-corrected chi connectivity index (χ1v) is 6.46. The molecule has 0 spiro atoms. The summed E-state index contributed by atoms with van der Waals surface area (Å²) in [5.74, 6) is -1.18. The number of carbonyl (C=O) groups excluding carboxylic acids is 1. The van der Waals surface area contributed by atoms with Gasteiger partial charge in [0.05, 0.1) is 9.42 Å². The van der Waals surface area contributed by atoms with Gasteiger partial charge in [-0.25, -0.2) is 4.79 Å². The van der Waals surface area contributed by atoms with Gasteiger partial charge in [-0.05, 0) is 20.8 Å². The van der Waals surface area contributed by atoms with Gasteiger partial charge in [0, 0.05) is 0 Å². The van der Waals surface area contributed by atoms with Crippen LogP contribution in [0.25, 0.3) is 11.5 Å². The number of rotatable bonds is 2. The van der Waals surface area contributed by atoms with Crippen LogP contribution in [0.2, 0.25) is 0 Å². The molecule has 2 N–H and O–H groups in total. The third-order valence-corrected chi connectivity index (χ3v) is 4.14. The Hall–Kier alpha value is -1.27. The molecule has 0 unspecified atom stereocenters. The molecule has 0 aliphatic rings. The standard InChI is InChI=1S/C11H14O4S2/c1-5-6(8(14)15-11(2,3)4)9-16-10(17-9)7(12)13/h5,12-13H,1H2,2-4H3. The summed E-state index contributed by atoms with van der Waals surface area (Å²) in [6.07, 6.45) is 1.41. The minimum atomic E-state index is -0.726. The quantitative estimate of drug-likeness (QED) is 0.805. The third-order valence-electron chi connectivity index (χ3n) is 1.60. The van der Waals surface area contributed by atoms with Crippen molar-refractivity contribution in [1.82, 2.24) is 0 Å². The van der Waals surface area contributed by atoms with Gasteiger partial charge in [-0.1, -0.05) is 12.7 Å². The Kier molecular flexibility index (Phi) is 4.00. The van der Waals surface area contributed by atoms with Gasteiger partial charge in [-0.3, -0.25) is 0 Å². The number of ether oxygens (including phenoxy) is 1. The first-order chi connectivity index (χ1) is 7.74. The zero-order chi connectivity index (χ0) is 13.2. The summed E-state index contributed by atoms with van der Waals surface area (Å²) in [6.45, 7) is 8.90. The van der Waals surface area contributed by atoms with Crippen LogP contribution < -0.4 is 7.69 Å². The van der Waals surface area contributed by atoms with Crippen LogP contribution in [-0.2, 0) is 9.53 Å². The smallest absolute Gasteiger partial charge is 0.340 e. The van der Waals surface area contributed by atoms with Crippen LogP contribution in [0.5, 0.6) is 0 Å². The Morgan fingerprint density at radius 2 is 1.82 bits per heavy atom. The SMILES string of the molecule is C=CC(C(=O)OC(C)(C)C)=c1sc(=C(O)O)s1. The average molecular weight is 274 g/mol. The highest BCUT2D eigenvalue weighted by Gasteiger charge is 2.19. The Morgan fingerprint density at radius 3 is 2.18 bits per heavy atom. The largest absolute Gasteiger partial charge is 0.479 e. The van der Waals surface area contributed by atoms with Gasteiger partial charge in [0.2, 0.25) is 0 Å². The molecule has 6 heteroatoms. The molecule has 0 atom stereocenters. The Bertz CT molecular complexity index is 520. The van der Waals surface area contributed by atoms with Crippen LogP contribution in [-0.4, -0.2) is 21.8 Å². The number of hydrogen-bond acceptors (Lipinski definition) is 6. The summed E-state index contributed by atoms with van der Waals surface area (Å²) >= 11 is 2.24. The molecule has 1 rings (SSSR count). The lowest BCUT2D eigenvalue weighted by Gasteiger charge is -2.19. The van der Waals surface area contributed by atoms with E-state index in [4.69, 9.17) is 14.9 Å². The summed E-state index contributed by atoms with van der Waals surface area (Å²) in [7, 11) is 0. The highest BCUT2D eigenvalue weighted by atomic mass is 32.2. The fourth-order valence-electron chi connectivity index (χ4n) is 0.960. The van der Waals surface area contributed by atoms with Gasteiger partial charge < -0.3 is 14.9 Å². The van der Waals surface area contributed by atoms with E-state index in [2.05, 4.69) is 6.58 Å². The van der Waals surface area contributed by atoms with Gasteiger partial charge in [0.15, 0.2) is 3.85 Å². The lowest BCUT2D eigenvalue weighted by atomic mass is 10.2. The van der Waals surface area contributed by atoms with Gasteiger partial charge in [-0.2, -0.15) is 0 Å². The van der Waals surface area contributed by atoms with E-state index >= 15 is 0 Å². The molecule has 0 aliphatic carbocycles. The maximum Gasteiger partial charge on any atom is 0.340 e. The van der Waals surface area contributed by atoms with Gasteiger partial charge in [0.1, 0.15) is 5.60 Å². The Labute approximate surface area is 107 Å². The van der Waals surface area contributed by atoms with E-state index in [1.165, 1.54) is 6.08 Å². The lowest BCUT2D eigenvalue weighted by Crippen LogP contribution is -2.27. The molecule has 1 aromatic heterocycles. The predicted octanol–water partition coefficient (Wildman–Crippen LogP) is 1.67. The molecule has 17 heavy (non-hydrogen) atoms. The summed E-state index contributed by atoms with van der Waals surface area (Å²) in [5.41, 5.74) is -0.220. The van der Waals surface area contributed by atoms with E-state index in [0.717, 1.165) is 22.7 Å². The maximum absolute atomic E-state index is 11.8. The van der Waals surface area contributed by atoms with Crippen molar-refractivity contribution in [1.29, 1.82) is 0 Å². The molecule has 0 saturated heterocycles. The first-order valence-electron chi connectivity index (χ1n) is 4.82. The van der Waals surface area contributed by atoms with E-state index < -0.39 is 17.5 Å². The van der Waals surface area contributed by atoms with E-state index in [1.807, 2.05) is 0 Å². The van der Waals surface area contributed by atoms with Crippen molar-refractivity contribution in [2.75, 3.05) is 0 Å². The minimum absolute atomic E-state index is 0.347. The van der Waals surface area contributed by atoms with Crippen LogP contribution in [0.3, 0.4) is 0 Å². The van der Waals surface area contributed by atoms with Gasteiger partial charge in [-0.15, -0.1) is 22.7 Å². The van der Waals surface area contributed by atoms with Crippen LogP contribution in [0.15, 0.2) is 12.7 Å². The summed E-state index contributed by atoms with van der Waals surface area (Å²) < 4.78 is 6.23. The van der Waals surface area contributed by atoms with E-state index in [1.54, 1.807) is 20.8 Å². The lowest BCUT2D eigenvalue weighted by molar-refractivity contribution is -0.147.